The van der Waals surface area contributed by atoms with Gasteiger partial charge >= 0.3 is 5.97 Å². The predicted octanol–water partition coefficient (Wildman–Crippen LogP) is 1.40. The van der Waals surface area contributed by atoms with Gasteiger partial charge in [-0.1, -0.05) is 11.6 Å². The zero-order valence-corrected chi connectivity index (χ0v) is 11.4. The quantitative estimate of drug-likeness (QED) is 0.776. The summed E-state index contributed by atoms with van der Waals surface area (Å²) < 4.78 is 0. The third-order valence-corrected chi connectivity index (χ3v) is 1.38. The van der Waals surface area contributed by atoms with Crippen LogP contribution in [0.5, 0.6) is 5.75 Å². The Hall–Kier alpha value is -0.0684. The summed E-state index contributed by atoms with van der Waals surface area (Å²) >= 11 is 0. The van der Waals surface area contributed by atoms with Crippen LogP contribution < -0.4 is 0 Å². The Kier molecular flexibility index (Phi) is 4.81. The van der Waals surface area contributed by atoms with Crippen molar-refractivity contribution in [2.75, 3.05) is 0 Å². The van der Waals surface area contributed by atoms with Crippen LogP contribution in [0, 0.1) is 51.0 Å². The second-order valence-corrected chi connectivity index (χ2v) is 2.33. The van der Waals surface area contributed by atoms with Crippen molar-refractivity contribution in [1.82, 2.24) is 0 Å². The topological polar surface area (TPSA) is 57.5 Å². The molecule has 1 rings (SSSR count). The van der Waals surface area contributed by atoms with Gasteiger partial charge in [-0.3, -0.25) is 0 Å². The average Bonchev–Trinajstić information content (AvgIpc) is 1.94. The molecular formula is C8H8AcO3. The molecule has 0 atom stereocenters. The molecule has 0 aliphatic rings. The van der Waals surface area contributed by atoms with Crippen LogP contribution in [0.15, 0.2) is 18.2 Å². The van der Waals surface area contributed by atoms with E-state index in [1.165, 1.54) is 12.1 Å². The summed E-state index contributed by atoms with van der Waals surface area (Å²) in [6, 6.07) is 4.46. The van der Waals surface area contributed by atoms with Gasteiger partial charge in [0.05, 0.1) is 0 Å². The number of hydrogen-bond donors (Lipinski definition) is 2. The molecule has 3 nitrogen and oxygen atoms in total. The van der Waals surface area contributed by atoms with Crippen molar-refractivity contribution in [3.8, 4) is 5.75 Å². The fourth-order valence-electron chi connectivity index (χ4n) is 0.821. The van der Waals surface area contributed by atoms with Crippen molar-refractivity contribution in [3.05, 3.63) is 29.3 Å². The number of hydrogen-bond acceptors (Lipinski definition) is 2. The van der Waals surface area contributed by atoms with E-state index in [9.17, 15) is 4.79 Å². The van der Waals surface area contributed by atoms with Crippen molar-refractivity contribution in [1.29, 1.82) is 0 Å². The average molecular weight is 379 g/mol. The summed E-state index contributed by atoms with van der Waals surface area (Å²) in [5, 5.41) is 17.6. The number of rotatable bonds is 1. The zero-order chi connectivity index (χ0) is 8.43. The number of carbonyl (C=O) groups is 1. The summed E-state index contributed by atoms with van der Waals surface area (Å²) in [6.07, 6.45) is 0. The maximum Gasteiger partial charge on any atom is 0.339 e. The van der Waals surface area contributed by atoms with Crippen molar-refractivity contribution >= 4 is 5.97 Å². The summed E-state index contributed by atoms with van der Waals surface area (Å²) in [7, 11) is 0. The molecule has 2 N–H and O–H groups in total. The minimum Gasteiger partial charge on any atom is -0.507 e. The first-order valence-electron chi connectivity index (χ1n) is 3.14. The van der Waals surface area contributed by atoms with Crippen molar-refractivity contribution in [2.24, 2.45) is 0 Å². The minimum absolute atomic E-state index is 0. The molecule has 12 heavy (non-hydrogen) atoms. The molecule has 61 valence electrons. The molecule has 0 saturated carbocycles. The normalized spacial score (nSPS) is 8.75. The summed E-state index contributed by atoms with van der Waals surface area (Å²) in [4.78, 5) is 10.4. The third-order valence-electron chi connectivity index (χ3n) is 1.38. The van der Waals surface area contributed by atoms with E-state index in [2.05, 4.69) is 0 Å². The molecule has 1 radical (unpaired) electrons. The number of phenols is 1. The van der Waals surface area contributed by atoms with E-state index in [0.29, 0.717) is 0 Å². The molecule has 0 fully saturated rings. The largest absolute Gasteiger partial charge is 0.507 e. The van der Waals surface area contributed by atoms with Crippen LogP contribution in [0.2, 0.25) is 0 Å². The number of carboxylic acids is 1. The molecule has 1 aromatic rings. The van der Waals surface area contributed by atoms with Crippen molar-refractivity contribution in [2.45, 2.75) is 6.92 Å². The maximum absolute atomic E-state index is 10.4. The van der Waals surface area contributed by atoms with Crippen molar-refractivity contribution < 1.29 is 59.1 Å². The van der Waals surface area contributed by atoms with Crippen LogP contribution in [0.4, 0.5) is 0 Å². The smallest absolute Gasteiger partial charge is 0.339 e. The van der Waals surface area contributed by atoms with Gasteiger partial charge in [0.15, 0.2) is 0 Å². The van der Waals surface area contributed by atoms with Crippen LogP contribution in [-0.2, 0) is 0 Å². The van der Waals surface area contributed by atoms with E-state index in [-0.39, 0.29) is 55.4 Å². The van der Waals surface area contributed by atoms with E-state index >= 15 is 0 Å². The van der Waals surface area contributed by atoms with Gasteiger partial charge in [-0.2, -0.15) is 0 Å². The Morgan fingerprint density at radius 3 is 2.42 bits per heavy atom. The van der Waals surface area contributed by atoms with E-state index in [1.54, 1.807) is 13.0 Å². The molecular weight excluding hydrogens is 371 g/mol. The van der Waals surface area contributed by atoms with Crippen LogP contribution in [0.1, 0.15) is 15.9 Å². The Morgan fingerprint density at radius 1 is 1.42 bits per heavy atom. The standard InChI is InChI=1S/C8H8O3.Ac/c1-5-2-3-7(9)6(4-5)8(10)11;/h2-4,9H,1H3,(H,10,11);. The molecule has 1 aromatic carbocycles. The van der Waals surface area contributed by atoms with Gasteiger partial charge in [-0.15, -0.1) is 0 Å². The molecule has 0 unspecified atom stereocenters. The number of benzene rings is 1. The molecule has 4 heteroatoms. The predicted molar refractivity (Wildman–Crippen MR) is 39.8 cm³/mol. The van der Waals surface area contributed by atoms with Crippen LogP contribution in [0.3, 0.4) is 0 Å². The fourth-order valence-corrected chi connectivity index (χ4v) is 0.821. The Balaban J connectivity index is 0.00000121. The van der Waals surface area contributed by atoms with Gasteiger partial charge in [0.1, 0.15) is 11.3 Å². The number of carboxylic acid groups (broad SMARTS) is 1. The van der Waals surface area contributed by atoms with Gasteiger partial charge in [0, 0.05) is 44.1 Å². The monoisotopic (exact) mass is 379 g/mol. The number of aromatic hydroxyl groups is 1. The van der Waals surface area contributed by atoms with Gasteiger partial charge in [0.2, 0.25) is 0 Å². The number of aryl methyl sites for hydroxylation is 1. The second-order valence-electron chi connectivity index (χ2n) is 2.33. The van der Waals surface area contributed by atoms with E-state index in [0.717, 1.165) is 5.56 Å². The molecule has 0 saturated heterocycles. The SMILES string of the molecule is Cc1ccc(O)c(C(=O)O)c1.[Ac]. The van der Waals surface area contributed by atoms with E-state index in [4.69, 9.17) is 10.2 Å². The van der Waals surface area contributed by atoms with Crippen LogP contribution in [0.25, 0.3) is 0 Å². The Bertz CT molecular complexity index is 296. The zero-order valence-electron chi connectivity index (χ0n) is 6.61. The molecule has 0 bridgehead atoms. The maximum atomic E-state index is 10.4. The summed E-state index contributed by atoms with van der Waals surface area (Å²) in [5.74, 6) is -1.30. The second kappa shape index (κ2) is 4.84. The first-order chi connectivity index (χ1) is 5.11. The van der Waals surface area contributed by atoms with Gasteiger partial charge < -0.3 is 10.2 Å². The fraction of sp³-hybridized carbons (Fsp3) is 0.125. The molecule has 0 aromatic heterocycles. The summed E-state index contributed by atoms with van der Waals surface area (Å²) in [5.41, 5.74) is 0.769. The first-order valence-corrected chi connectivity index (χ1v) is 3.14. The number of aromatic carboxylic acids is 1. The van der Waals surface area contributed by atoms with Gasteiger partial charge in [0.25, 0.3) is 0 Å². The van der Waals surface area contributed by atoms with Crippen LogP contribution >= 0.6 is 0 Å². The Morgan fingerprint density at radius 2 is 2.00 bits per heavy atom. The molecule has 0 aliphatic heterocycles. The molecule has 0 heterocycles. The van der Waals surface area contributed by atoms with Crippen molar-refractivity contribution in [3.63, 3.8) is 0 Å². The molecule has 0 spiro atoms. The molecule has 0 amide bonds. The van der Waals surface area contributed by atoms with Crippen LogP contribution in [-0.4, -0.2) is 16.2 Å². The van der Waals surface area contributed by atoms with E-state index < -0.39 is 5.97 Å². The van der Waals surface area contributed by atoms with E-state index in [1.807, 2.05) is 0 Å². The summed E-state index contributed by atoms with van der Waals surface area (Å²) in [6.45, 7) is 1.77. The van der Waals surface area contributed by atoms with Gasteiger partial charge in [-0.05, 0) is 19.1 Å². The third kappa shape index (κ3) is 2.76. The van der Waals surface area contributed by atoms with Gasteiger partial charge in [-0.25, -0.2) is 4.79 Å². The minimum atomic E-state index is -1.11. The molecule has 0 aliphatic carbocycles. The first kappa shape index (κ1) is 11.9. The Labute approximate surface area is 106 Å².